The Hall–Kier alpha value is -1.16. The number of benzene rings is 1. The van der Waals surface area contributed by atoms with Crippen LogP contribution >= 0.6 is 11.3 Å². The predicted molar refractivity (Wildman–Crippen MR) is 81.1 cm³/mol. The van der Waals surface area contributed by atoms with Gasteiger partial charge in [0.05, 0.1) is 0 Å². The van der Waals surface area contributed by atoms with Crippen molar-refractivity contribution in [2.24, 2.45) is 5.84 Å². The Labute approximate surface area is 118 Å². The van der Waals surface area contributed by atoms with E-state index in [0.29, 0.717) is 5.92 Å². The summed E-state index contributed by atoms with van der Waals surface area (Å²) in [7, 11) is 0. The van der Waals surface area contributed by atoms with Crippen molar-refractivity contribution in [2.75, 3.05) is 0 Å². The fourth-order valence-corrected chi connectivity index (χ4v) is 3.87. The van der Waals surface area contributed by atoms with Crippen molar-refractivity contribution in [1.29, 1.82) is 0 Å². The lowest BCUT2D eigenvalue weighted by atomic mass is 9.79. The van der Waals surface area contributed by atoms with Gasteiger partial charge in [-0.2, -0.15) is 11.3 Å². The van der Waals surface area contributed by atoms with Gasteiger partial charge in [-0.1, -0.05) is 24.3 Å². The summed E-state index contributed by atoms with van der Waals surface area (Å²) < 4.78 is 0. The lowest BCUT2D eigenvalue weighted by Gasteiger charge is -2.28. The van der Waals surface area contributed by atoms with E-state index in [9.17, 15) is 0 Å². The van der Waals surface area contributed by atoms with Crippen LogP contribution in [0.3, 0.4) is 0 Å². The number of hydrazine groups is 1. The van der Waals surface area contributed by atoms with E-state index in [1.165, 1.54) is 36.0 Å². The Morgan fingerprint density at radius 3 is 3.00 bits per heavy atom. The zero-order valence-electron chi connectivity index (χ0n) is 11.0. The maximum atomic E-state index is 5.76. The molecule has 0 spiro atoms. The lowest BCUT2D eigenvalue weighted by molar-refractivity contribution is 0.426. The predicted octanol–water partition coefficient (Wildman–Crippen LogP) is 3.76. The summed E-state index contributed by atoms with van der Waals surface area (Å²) in [5.41, 5.74) is 7.36. The zero-order valence-corrected chi connectivity index (χ0v) is 11.8. The molecule has 1 aliphatic carbocycles. The number of hydrogen-bond acceptors (Lipinski definition) is 3. The average Bonchev–Trinajstić information content (AvgIpc) is 2.99. The first kappa shape index (κ1) is 12.9. The number of thiophene rings is 1. The van der Waals surface area contributed by atoms with Gasteiger partial charge in [0, 0.05) is 6.04 Å². The van der Waals surface area contributed by atoms with Crippen molar-refractivity contribution < 1.29 is 0 Å². The van der Waals surface area contributed by atoms with Crippen molar-refractivity contribution in [3.8, 4) is 0 Å². The Morgan fingerprint density at radius 2 is 2.21 bits per heavy atom. The molecular formula is C16H20N2S. The monoisotopic (exact) mass is 272 g/mol. The van der Waals surface area contributed by atoms with Gasteiger partial charge in [0.15, 0.2) is 0 Å². The highest BCUT2D eigenvalue weighted by atomic mass is 32.1. The number of nitrogens with two attached hydrogens (primary N) is 1. The highest BCUT2D eigenvalue weighted by molar-refractivity contribution is 7.07. The Kier molecular flexibility index (Phi) is 3.97. The van der Waals surface area contributed by atoms with Gasteiger partial charge in [-0.3, -0.25) is 11.3 Å². The number of nitrogens with one attached hydrogen (secondary N) is 1. The molecule has 2 nitrogen and oxygen atoms in total. The van der Waals surface area contributed by atoms with E-state index in [1.807, 2.05) is 0 Å². The molecule has 0 amide bonds. The molecule has 19 heavy (non-hydrogen) atoms. The number of aryl methyl sites for hydroxylation is 1. The maximum absolute atomic E-state index is 5.76. The van der Waals surface area contributed by atoms with E-state index < -0.39 is 0 Å². The van der Waals surface area contributed by atoms with Crippen molar-refractivity contribution in [2.45, 2.75) is 37.6 Å². The summed E-state index contributed by atoms with van der Waals surface area (Å²) in [6.07, 6.45) is 4.89. The van der Waals surface area contributed by atoms with Crippen LogP contribution in [0.4, 0.5) is 0 Å². The van der Waals surface area contributed by atoms with E-state index in [-0.39, 0.29) is 6.04 Å². The van der Waals surface area contributed by atoms with Crippen molar-refractivity contribution in [1.82, 2.24) is 5.43 Å². The molecular weight excluding hydrogens is 252 g/mol. The van der Waals surface area contributed by atoms with Crippen LogP contribution in [0.2, 0.25) is 0 Å². The van der Waals surface area contributed by atoms with Gasteiger partial charge in [-0.15, -0.1) is 0 Å². The van der Waals surface area contributed by atoms with Gasteiger partial charge < -0.3 is 0 Å². The molecule has 0 aliphatic heterocycles. The van der Waals surface area contributed by atoms with Crippen LogP contribution in [0.5, 0.6) is 0 Å². The second kappa shape index (κ2) is 5.87. The Balaban J connectivity index is 1.80. The van der Waals surface area contributed by atoms with E-state index >= 15 is 0 Å². The summed E-state index contributed by atoms with van der Waals surface area (Å²) in [6.45, 7) is 0. The molecule has 1 aromatic heterocycles. The highest BCUT2D eigenvalue weighted by Crippen LogP contribution is 2.37. The second-order valence-corrected chi connectivity index (χ2v) is 6.08. The number of hydrogen-bond donors (Lipinski definition) is 2. The Bertz CT molecular complexity index is 521. The molecule has 0 fully saturated rings. The molecule has 2 atom stereocenters. The molecule has 1 aliphatic rings. The van der Waals surface area contributed by atoms with Crippen LogP contribution in [-0.4, -0.2) is 0 Å². The molecule has 2 unspecified atom stereocenters. The molecule has 3 rings (SSSR count). The molecule has 3 N–H and O–H groups in total. The van der Waals surface area contributed by atoms with Crippen LogP contribution in [0.25, 0.3) is 0 Å². The lowest BCUT2D eigenvalue weighted by Crippen LogP contribution is -2.29. The third-order valence-corrected chi connectivity index (χ3v) is 4.86. The van der Waals surface area contributed by atoms with Crippen molar-refractivity contribution in [3.63, 3.8) is 0 Å². The minimum atomic E-state index is 0.266. The van der Waals surface area contributed by atoms with Gasteiger partial charge >= 0.3 is 0 Å². The van der Waals surface area contributed by atoms with Crippen LogP contribution in [-0.2, 0) is 6.42 Å². The summed E-state index contributed by atoms with van der Waals surface area (Å²) >= 11 is 1.74. The van der Waals surface area contributed by atoms with E-state index in [2.05, 4.69) is 46.5 Å². The summed E-state index contributed by atoms with van der Waals surface area (Å²) in [5.74, 6) is 6.39. The van der Waals surface area contributed by atoms with Crippen LogP contribution in [0, 0.1) is 0 Å². The Morgan fingerprint density at radius 1 is 1.32 bits per heavy atom. The first-order valence-electron chi connectivity index (χ1n) is 6.94. The third kappa shape index (κ3) is 2.73. The van der Waals surface area contributed by atoms with Crippen LogP contribution in [0.15, 0.2) is 41.1 Å². The average molecular weight is 272 g/mol. The van der Waals surface area contributed by atoms with Gasteiger partial charge in [0.2, 0.25) is 0 Å². The smallest absolute Gasteiger partial charge is 0.0474 e. The van der Waals surface area contributed by atoms with E-state index in [4.69, 9.17) is 5.84 Å². The first-order chi connectivity index (χ1) is 9.38. The summed E-state index contributed by atoms with van der Waals surface area (Å²) in [5, 5.41) is 4.31. The number of rotatable bonds is 4. The highest BCUT2D eigenvalue weighted by Gasteiger charge is 2.23. The molecule has 0 saturated carbocycles. The fraction of sp³-hybridized carbons (Fsp3) is 0.375. The number of fused-ring (bicyclic) bond motifs is 1. The molecule has 100 valence electrons. The van der Waals surface area contributed by atoms with Gasteiger partial charge in [0.1, 0.15) is 0 Å². The molecule has 1 aromatic carbocycles. The van der Waals surface area contributed by atoms with Gasteiger partial charge in [-0.05, 0) is 65.1 Å². The third-order valence-electron chi connectivity index (χ3n) is 4.16. The maximum Gasteiger partial charge on any atom is 0.0474 e. The largest absolute Gasteiger partial charge is 0.271 e. The molecule has 0 radical (unpaired) electrons. The molecule has 2 aromatic rings. The standard InChI is InChI=1S/C16H20N2S/c17-18-16(14-8-9-19-11-14)10-13-6-3-5-12-4-1-2-7-15(12)13/h1-2,4,7-9,11,13,16,18H,3,5-6,10,17H2. The minimum Gasteiger partial charge on any atom is -0.271 e. The minimum absolute atomic E-state index is 0.266. The first-order valence-corrected chi connectivity index (χ1v) is 7.89. The quantitative estimate of drug-likeness (QED) is 0.657. The molecule has 0 saturated heterocycles. The molecule has 0 bridgehead atoms. The van der Waals surface area contributed by atoms with E-state index in [1.54, 1.807) is 11.3 Å². The van der Waals surface area contributed by atoms with Crippen molar-refractivity contribution in [3.05, 3.63) is 57.8 Å². The topological polar surface area (TPSA) is 38.0 Å². The molecule has 1 heterocycles. The second-order valence-electron chi connectivity index (χ2n) is 5.30. The van der Waals surface area contributed by atoms with Gasteiger partial charge in [0.25, 0.3) is 0 Å². The zero-order chi connectivity index (χ0) is 13.1. The normalized spacial score (nSPS) is 19.9. The van der Waals surface area contributed by atoms with E-state index in [0.717, 1.165) is 6.42 Å². The SMILES string of the molecule is NNC(CC1CCCc2ccccc21)c1ccsc1. The summed E-state index contributed by atoms with van der Waals surface area (Å²) in [4.78, 5) is 0. The molecule has 3 heteroatoms. The summed E-state index contributed by atoms with van der Waals surface area (Å²) in [6, 6.07) is 11.3. The van der Waals surface area contributed by atoms with Crippen LogP contribution < -0.4 is 11.3 Å². The van der Waals surface area contributed by atoms with Crippen LogP contribution in [0.1, 0.15) is 47.9 Å². The van der Waals surface area contributed by atoms with Gasteiger partial charge in [-0.25, -0.2) is 0 Å². The fourth-order valence-electron chi connectivity index (χ4n) is 3.16. The van der Waals surface area contributed by atoms with Crippen molar-refractivity contribution >= 4 is 11.3 Å².